The zero-order valence-corrected chi connectivity index (χ0v) is 21.1. The Morgan fingerprint density at radius 3 is 2.44 bits per heavy atom. The van der Waals surface area contributed by atoms with Crippen LogP contribution in [0.3, 0.4) is 0 Å². The SMILES string of the molecule is CCN(CC)S(=O)(=O)c1cc(C(=O)N2CCC(c3c(C)[nH]c4ccccc34)CC2)ccc1OC. The second kappa shape index (κ2) is 9.80. The molecule has 0 spiro atoms. The maximum atomic E-state index is 13.3. The number of para-hydroxylation sites is 1. The Morgan fingerprint density at radius 2 is 1.79 bits per heavy atom. The number of sulfonamides is 1. The van der Waals surface area contributed by atoms with Gasteiger partial charge in [-0.2, -0.15) is 4.31 Å². The molecular formula is C26H33N3O4S. The van der Waals surface area contributed by atoms with Gasteiger partial charge in [-0.05, 0) is 55.5 Å². The molecule has 1 saturated heterocycles. The Bertz CT molecular complexity index is 1290. The molecule has 34 heavy (non-hydrogen) atoms. The van der Waals surface area contributed by atoms with Crippen molar-refractivity contribution in [3.63, 3.8) is 0 Å². The van der Waals surface area contributed by atoms with Crippen LogP contribution in [0.4, 0.5) is 0 Å². The van der Waals surface area contributed by atoms with Crippen LogP contribution in [0.15, 0.2) is 47.4 Å². The number of H-pyrrole nitrogens is 1. The summed E-state index contributed by atoms with van der Waals surface area (Å²) in [4.78, 5) is 18.7. The molecule has 2 heterocycles. The third-order valence-electron chi connectivity index (χ3n) is 6.87. The molecule has 1 fully saturated rings. The lowest BCUT2D eigenvalue weighted by Gasteiger charge is -2.32. The predicted octanol–water partition coefficient (Wildman–Crippen LogP) is 4.54. The quantitative estimate of drug-likeness (QED) is 0.535. The van der Waals surface area contributed by atoms with Gasteiger partial charge in [-0.15, -0.1) is 0 Å². The number of ether oxygens (including phenoxy) is 1. The largest absolute Gasteiger partial charge is 0.495 e. The normalized spacial score (nSPS) is 15.3. The third-order valence-corrected chi connectivity index (χ3v) is 8.94. The molecule has 2 aromatic carbocycles. The standard InChI is InChI=1S/C26H33N3O4S/c1-5-29(6-2)34(31,32)24-17-20(11-12-23(24)33-4)26(30)28-15-13-19(14-16-28)25-18(3)27-22-10-8-7-9-21(22)25/h7-12,17,19,27H,5-6,13-16H2,1-4H3. The predicted molar refractivity (Wildman–Crippen MR) is 134 cm³/mol. The molecule has 1 amide bonds. The van der Waals surface area contributed by atoms with E-state index < -0.39 is 10.0 Å². The van der Waals surface area contributed by atoms with E-state index in [4.69, 9.17) is 4.74 Å². The van der Waals surface area contributed by atoms with Gasteiger partial charge in [-0.3, -0.25) is 4.79 Å². The van der Waals surface area contributed by atoms with Crippen molar-refractivity contribution in [2.24, 2.45) is 0 Å². The average molecular weight is 484 g/mol. The highest BCUT2D eigenvalue weighted by Crippen LogP contribution is 2.36. The third kappa shape index (κ3) is 4.32. The maximum absolute atomic E-state index is 13.3. The Labute approximate surface area is 201 Å². The van der Waals surface area contributed by atoms with E-state index in [1.807, 2.05) is 11.0 Å². The number of nitrogens with one attached hydrogen (secondary N) is 1. The molecule has 1 aliphatic rings. The molecular weight excluding hydrogens is 450 g/mol. The number of hydrogen-bond acceptors (Lipinski definition) is 4. The zero-order valence-electron chi connectivity index (χ0n) is 20.3. The minimum absolute atomic E-state index is 0.0360. The van der Waals surface area contributed by atoms with Gasteiger partial charge in [0, 0.05) is 48.3 Å². The highest BCUT2D eigenvalue weighted by Gasteiger charge is 2.30. The number of nitrogens with zero attached hydrogens (tertiary/aromatic N) is 2. The smallest absolute Gasteiger partial charge is 0.253 e. The van der Waals surface area contributed by atoms with E-state index in [1.54, 1.807) is 26.0 Å². The van der Waals surface area contributed by atoms with E-state index in [0.29, 0.717) is 37.7 Å². The molecule has 0 radical (unpaired) electrons. The highest BCUT2D eigenvalue weighted by molar-refractivity contribution is 7.89. The van der Waals surface area contributed by atoms with Crippen molar-refractivity contribution < 1.29 is 17.9 Å². The number of benzene rings is 2. The zero-order chi connectivity index (χ0) is 24.5. The molecule has 7 nitrogen and oxygen atoms in total. The fourth-order valence-corrected chi connectivity index (χ4v) is 6.73. The van der Waals surface area contributed by atoms with Crippen molar-refractivity contribution >= 4 is 26.8 Å². The lowest BCUT2D eigenvalue weighted by atomic mass is 9.87. The van der Waals surface area contributed by atoms with Crippen LogP contribution in [0, 0.1) is 6.92 Å². The molecule has 0 bridgehead atoms. The molecule has 0 atom stereocenters. The lowest BCUT2D eigenvalue weighted by molar-refractivity contribution is 0.0713. The van der Waals surface area contributed by atoms with Gasteiger partial charge in [-0.25, -0.2) is 8.42 Å². The minimum atomic E-state index is -3.76. The highest BCUT2D eigenvalue weighted by atomic mass is 32.2. The van der Waals surface area contributed by atoms with Gasteiger partial charge in [0.25, 0.3) is 5.91 Å². The van der Waals surface area contributed by atoms with Gasteiger partial charge in [0.15, 0.2) is 0 Å². The summed E-state index contributed by atoms with van der Waals surface area (Å²) in [6.45, 7) is 7.66. The molecule has 1 aliphatic heterocycles. The van der Waals surface area contributed by atoms with Crippen LogP contribution >= 0.6 is 0 Å². The van der Waals surface area contributed by atoms with Crippen LogP contribution in [0.25, 0.3) is 10.9 Å². The summed E-state index contributed by atoms with van der Waals surface area (Å²) in [5.41, 5.74) is 4.05. The number of piperidine rings is 1. The van der Waals surface area contributed by atoms with Gasteiger partial charge >= 0.3 is 0 Å². The topological polar surface area (TPSA) is 82.7 Å². The summed E-state index contributed by atoms with van der Waals surface area (Å²) >= 11 is 0. The van der Waals surface area contributed by atoms with Crippen molar-refractivity contribution in [3.8, 4) is 5.75 Å². The van der Waals surface area contributed by atoms with E-state index in [2.05, 4.69) is 30.1 Å². The molecule has 1 aromatic heterocycles. The fourth-order valence-electron chi connectivity index (χ4n) is 5.09. The number of likely N-dealkylation sites (tertiary alicyclic amines) is 1. The first-order valence-corrected chi connectivity index (χ1v) is 13.3. The van der Waals surface area contributed by atoms with Crippen molar-refractivity contribution in [3.05, 3.63) is 59.3 Å². The summed E-state index contributed by atoms with van der Waals surface area (Å²) in [5, 5.41) is 1.26. The second-order valence-electron chi connectivity index (χ2n) is 8.73. The molecule has 4 rings (SSSR count). The first kappa shape index (κ1) is 24.3. The van der Waals surface area contributed by atoms with Crippen LogP contribution in [0.2, 0.25) is 0 Å². The molecule has 3 aromatic rings. The number of hydrogen-bond donors (Lipinski definition) is 1. The summed E-state index contributed by atoms with van der Waals surface area (Å²) < 4.78 is 33.0. The molecule has 0 unspecified atom stereocenters. The number of rotatable bonds is 7. The van der Waals surface area contributed by atoms with Crippen LogP contribution in [0.5, 0.6) is 5.75 Å². The van der Waals surface area contributed by atoms with Crippen molar-refractivity contribution in [1.82, 2.24) is 14.2 Å². The Morgan fingerprint density at radius 1 is 1.12 bits per heavy atom. The number of methoxy groups -OCH3 is 1. The van der Waals surface area contributed by atoms with Crippen LogP contribution in [-0.2, 0) is 10.0 Å². The summed E-state index contributed by atoms with van der Waals surface area (Å²) in [7, 11) is -2.32. The van der Waals surface area contributed by atoms with Gasteiger partial charge in [0.1, 0.15) is 10.6 Å². The van der Waals surface area contributed by atoms with Crippen molar-refractivity contribution in [1.29, 1.82) is 0 Å². The Kier molecular flexibility index (Phi) is 7.00. The van der Waals surface area contributed by atoms with E-state index in [1.165, 1.54) is 34.1 Å². The summed E-state index contributed by atoms with van der Waals surface area (Å²) in [6, 6.07) is 13.0. The van der Waals surface area contributed by atoms with E-state index in [9.17, 15) is 13.2 Å². The summed E-state index contributed by atoms with van der Waals surface area (Å²) in [5.74, 6) is 0.486. The number of carbonyl (C=O) groups excluding carboxylic acids is 1. The van der Waals surface area contributed by atoms with Crippen LogP contribution in [-0.4, -0.2) is 61.8 Å². The number of aromatic amines is 1. The Balaban J connectivity index is 1.55. The average Bonchev–Trinajstić information content (AvgIpc) is 3.19. The van der Waals surface area contributed by atoms with Gasteiger partial charge in [0.2, 0.25) is 10.0 Å². The minimum Gasteiger partial charge on any atom is -0.495 e. The van der Waals surface area contributed by atoms with Crippen molar-refractivity contribution in [2.75, 3.05) is 33.3 Å². The number of fused-ring (bicyclic) bond motifs is 1. The van der Waals surface area contributed by atoms with E-state index >= 15 is 0 Å². The van der Waals surface area contributed by atoms with Gasteiger partial charge < -0.3 is 14.6 Å². The maximum Gasteiger partial charge on any atom is 0.253 e. The molecule has 0 aliphatic carbocycles. The summed E-state index contributed by atoms with van der Waals surface area (Å²) in [6.07, 6.45) is 1.74. The number of aromatic nitrogens is 1. The van der Waals surface area contributed by atoms with Gasteiger partial charge in [0.05, 0.1) is 7.11 Å². The van der Waals surface area contributed by atoms with E-state index in [0.717, 1.165) is 18.4 Å². The van der Waals surface area contributed by atoms with E-state index in [-0.39, 0.29) is 16.6 Å². The van der Waals surface area contributed by atoms with Crippen LogP contribution < -0.4 is 4.74 Å². The first-order chi connectivity index (χ1) is 16.3. The van der Waals surface area contributed by atoms with Crippen molar-refractivity contribution in [2.45, 2.75) is 44.4 Å². The second-order valence-corrected chi connectivity index (χ2v) is 10.6. The molecule has 182 valence electrons. The number of carbonyl (C=O) groups is 1. The first-order valence-electron chi connectivity index (χ1n) is 11.9. The Hall–Kier alpha value is -2.84. The molecule has 8 heteroatoms. The lowest BCUT2D eigenvalue weighted by Crippen LogP contribution is -2.38. The monoisotopic (exact) mass is 483 g/mol. The number of amides is 1. The van der Waals surface area contributed by atoms with Crippen LogP contribution in [0.1, 0.15) is 54.2 Å². The molecule has 1 N–H and O–H groups in total. The van der Waals surface area contributed by atoms with Gasteiger partial charge in [-0.1, -0.05) is 32.0 Å². The molecule has 0 saturated carbocycles. The fraction of sp³-hybridized carbons (Fsp3) is 0.423. The number of aryl methyl sites for hydroxylation is 1.